The number of anilines is 1. The standard InChI is InChI=1S/C28H25N7O3/c36-27(21-11-13-22(14-12-21)35(37)38)32-15-6-16-33(18-17-32)28-29-24-10-5-4-9-23(24)26-31-30-25(34(26)28)19-20-7-2-1-3-8-20/h1-5,7-14H,6,15-19H2. The molecule has 0 N–H and O–H groups in total. The summed E-state index contributed by atoms with van der Waals surface area (Å²) in [6.45, 7) is 2.39. The van der Waals surface area contributed by atoms with Crippen LogP contribution in [0, 0.1) is 10.1 Å². The fourth-order valence-electron chi connectivity index (χ4n) is 4.95. The van der Waals surface area contributed by atoms with Crippen molar-refractivity contribution in [3.8, 4) is 0 Å². The van der Waals surface area contributed by atoms with Gasteiger partial charge < -0.3 is 9.80 Å². The van der Waals surface area contributed by atoms with Crippen molar-refractivity contribution in [1.29, 1.82) is 0 Å². The maximum Gasteiger partial charge on any atom is 0.269 e. The predicted octanol–water partition coefficient (Wildman–Crippen LogP) is 4.13. The number of para-hydroxylation sites is 1. The summed E-state index contributed by atoms with van der Waals surface area (Å²) in [7, 11) is 0. The van der Waals surface area contributed by atoms with Crippen LogP contribution in [0.4, 0.5) is 11.6 Å². The first-order valence-electron chi connectivity index (χ1n) is 12.5. The molecule has 3 heterocycles. The van der Waals surface area contributed by atoms with Gasteiger partial charge in [-0.05, 0) is 36.2 Å². The summed E-state index contributed by atoms with van der Waals surface area (Å²) >= 11 is 0. The average Bonchev–Trinajstić information content (AvgIpc) is 3.21. The third-order valence-electron chi connectivity index (χ3n) is 6.89. The molecule has 0 unspecified atom stereocenters. The molecular formula is C28H25N7O3. The molecule has 190 valence electrons. The zero-order chi connectivity index (χ0) is 26.1. The smallest absolute Gasteiger partial charge is 0.269 e. The first-order chi connectivity index (χ1) is 18.6. The molecule has 3 aromatic carbocycles. The lowest BCUT2D eigenvalue weighted by Gasteiger charge is -2.24. The number of nitro groups is 1. The fraction of sp³-hybridized carbons (Fsp3) is 0.214. The molecule has 1 amide bonds. The Kier molecular flexibility index (Phi) is 6.12. The van der Waals surface area contributed by atoms with E-state index in [1.54, 1.807) is 4.90 Å². The third-order valence-corrected chi connectivity index (χ3v) is 6.89. The highest BCUT2D eigenvalue weighted by molar-refractivity contribution is 5.94. The van der Waals surface area contributed by atoms with E-state index in [9.17, 15) is 14.9 Å². The summed E-state index contributed by atoms with van der Waals surface area (Å²) in [5.74, 6) is 1.44. The normalized spacial score (nSPS) is 14.1. The Bertz CT molecular complexity index is 1630. The predicted molar refractivity (Wildman–Crippen MR) is 143 cm³/mol. The zero-order valence-electron chi connectivity index (χ0n) is 20.6. The average molecular weight is 508 g/mol. The van der Waals surface area contributed by atoms with Gasteiger partial charge in [-0.25, -0.2) is 9.38 Å². The van der Waals surface area contributed by atoms with Crippen molar-refractivity contribution in [3.05, 3.63) is 106 Å². The number of hydrogen-bond acceptors (Lipinski definition) is 7. The van der Waals surface area contributed by atoms with Gasteiger partial charge in [0, 0.05) is 55.7 Å². The molecule has 0 atom stereocenters. The number of fused-ring (bicyclic) bond motifs is 3. The third kappa shape index (κ3) is 4.40. The second-order valence-electron chi connectivity index (χ2n) is 9.30. The monoisotopic (exact) mass is 507 g/mol. The van der Waals surface area contributed by atoms with Gasteiger partial charge in [0.2, 0.25) is 5.95 Å². The number of carbonyl (C=O) groups excluding carboxylic acids is 1. The highest BCUT2D eigenvalue weighted by Crippen LogP contribution is 2.26. The van der Waals surface area contributed by atoms with Gasteiger partial charge in [0.25, 0.3) is 11.6 Å². The lowest BCUT2D eigenvalue weighted by molar-refractivity contribution is -0.384. The number of aromatic nitrogens is 4. The lowest BCUT2D eigenvalue weighted by Crippen LogP contribution is -2.36. The van der Waals surface area contributed by atoms with Crippen LogP contribution in [-0.4, -0.2) is 61.5 Å². The number of rotatable bonds is 5. The number of carbonyl (C=O) groups is 1. The van der Waals surface area contributed by atoms with Gasteiger partial charge >= 0.3 is 0 Å². The van der Waals surface area contributed by atoms with Crippen LogP contribution in [0.3, 0.4) is 0 Å². The molecule has 1 aliphatic rings. The van der Waals surface area contributed by atoms with Gasteiger partial charge in [0.05, 0.1) is 10.4 Å². The highest BCUT2D eigenvalue weighted by atomic mass is 16.6. The molecule has 10 heteroatoms. The quantitative estimate of drug-likeness (QED) is 0.260. The van der Waals surface area contributed by atoms with E-state index in [2.05, 4.69) is 27.2 Å². The van der Waals surface area contributed by atoms with Gasteiger partial charge in [0.1, 0.15) is 5.82 Å². The molecule has 10 nitrogen and oxygen atoms in total. The number of benzene rings is 3. The van der Waals surface area contributed by atoms with Crippen LogP contribution in [0.5, 0.6) is 0 Å². The van der Waals surface area contributed by atoms with Crippen molar-refractivity contribution >= 4 is 34.1 Å². The van der Waals surface area contributed by atoms with Crippen molar-refractivity contribution in [2.75, 3.05) is 31.1 Å². The molecule has 5 aromatic rings. The van der Waals surface area contributed by atoms with Crippen LogP contribution in [-0.2, 0) is 6.42 Å². The SMILES string of the molecule is O=C(c1ccc([N+](=O)[O-])cc1)N1CCCN(c2nc3ccccc3c3nnc(Cc4ccccc4)n23)CC1. The largest absolute Gasteiger partial charge is 0.340 e. The van der Waals surface area contributed by atoms with Crippen LogP contribution in [0.1, 0.15) is 28.2 Å². The van der Waals surface area contributed by atoms with Crippen LogP contribution in [0.25, 0.3) is 16.6 Å². The Morgan fingerprint density at radius 3 is 2.42 bits per heavy atom. The maximum atomic E-state index is 13.2. The molecular weight excluding hydrogens is 482 g/mol. The lowest BCUT2D eigenvalue weighted by atomic mass is 10.1. The van der Waals surface area contributed by atoms with Crippen molar-refractivity contribution < 1.29 is 9.72 Å². The van der Waals surface area contributed by atoms with Gasteiger partial charge in [-0.1, -0.05) is 42.5 Å². The van der Waals surface area contributed by atoms with Crippen molar-refractivity contribution in [3.63, 3.8) is 0 Å². The summed E-state index contributed by atoms with van der Waals surface area (Å²) in [5.41, 5.74) is 3.16. The van der Waals surface area contributed by atoms with Gasteiger partial charge in [0.15, 0.2) is 5.65 Å². The summed E-state index contributed by atoms with van der Waals surface area (Å²) < 4.78 is 2.04. The van der Waals surface area contributed by atoms with E-state index in [1.807, 2.05) is 46.9 Å². The number of nitrogens with zero attached hydrogens (tertiary/aromatic N) is 7. The van der Waals surface area contributed by atoms with E-state index < -0.39 is 4.92 Å². The summed E-state index contributed by atoms with van der Waals surface area (Å²) in [4.78, 5) is 32.7. The van der Waals surface area contributed by atoms with E-state index in [1.165, 1.54) is 24.3 Å². The second-order valence-corrected chi connectivity index (χ2v) is 9.30. The van der Waals surface area contributed by atoms with Crippen LogP contribution < -0.4 is 4.90 Å². The van der Waals surface area contributed by atoms with Crippen LogP contribution in [0.15, 0.2) is 78.9 Å². The van der Waals surface area contributed by atoms with Crippen molar-refractivity contribution in [1.82, 2.24) is 24.5 Å². The molecule has 0 saturated carbocycles. The molecule has 6 rings (SSSR count). The highest BCUT2D eigenvalue weighted by Gasteiger charge is 2.25. The molecule has 1 aliphatic heterocycles. The second kappa shape index (κ2) is 9.89. The number of hydrogen-bond donors (Lipinski definition) is 0. The fourth-order valence-corrected chi connectivity index (χ4v) is 4.95. The maximum absolute atomic E-state index is 13.2. The van der Waals surface area contributed by atoms with E-state index in [4.69, 9.17) is 4.98 Å². The first-order valence-corrected chi connectivity index (χ1v) is 12.5. The summed E-state index contributed by atoms with van der Waals surface area (Å²) in [5, 5.41) is 21.0. The summed E-state index contributed by atoms with van der Waals surface area (Å²) in [6, 6.07) is 23.9. The zero-order valence-corrected chi connectivity index (χ0v) is 20.6. The van der Waals surface area contributed by atoms with E-state index in [0.717, 1.165) is 40.3 Å². The molecule has 0 radical (unpaired) electrons. The molecule has 0 bridgehead atoms. The van der Waals surface area contributed by atoms with E-state index in [0.29, 0.717) is 38.2 Å². The number of non-ortho nitro benzene ring substituents is 1. The van der Waals surface area contributed by atoms with E-state index >= 15 is 0 Å². The summed E-state index contributed by atoms with van der Waals surface area (Å²) in [6.07, 6.45) is 1.37. The first kappa shape index (κ1) is 23.5. The molecule has 2 aromatic heterocycles. The Morgan fingerprint density at radius 2 is 1.63 bits per heavy atom. The van der Waals surface area contributed by atoms with Crippen molar-refractivity contribution in [2.24, 2.45) is 0 Å². The molecule has 1 fully saturated rings. The molecule has 0 spiro atoms. The van der Waals surface area contributed by atoms with Crippen LogP contribution >= 0.6 is 0 Å². The van der Waals surface area contributed by atoms with Gasteiger partial charge in [-0.3, -0.25) is 14.9 Å². The minimum atomic E-state index is -0.466. The molecule has 0 aliphatic carbocycles. The molecule has 38 heavy (non-hydrogen) atoms. The van der Waals surface area contributed by atoms with Gasteiger partial charge in [-0.2, -0.15) is 0 Å². The molecule has 1 saturated heterocycles. The number of nitro benzene ring substituents is 1. The minimum Gasteiger partial charge on any atom is -0.340 e. The van der Waals surface area contributed by atoms with E-state index in [-0.39, 0.29) is 11.6 Å². The van der Waals surface area contributed by atoms with Gasteiger partial charge in [-0.15, -0.1) is 10.2 Å². The Balaban J connectivity index is 1.32. The Labute approximate surface area is 218 Å². The number of amides is 1. The Morgan fingerprint density at radius 1 is 0.868 bits per heavy atom. The van der Waals surface area contributed by atoms with Crippen molar-refractivity contribution in [2.45, 2.75) is 12.8 Å². The Hall–Kier alpha value is -4.86. The van der Waals surface area contributed by atoms with Crippen LogP contribution in [0.2, 0.25) is 0 Å². The minimum absolute atomic E-state index is 0.0322. The topological polar surface area (TPSA) is 110 Å².